The number of halogens is 1. The smallest absolute Gasteiger partial charge is 0.241 e. The highest BCUT2D eigenvalue weighted by atomic mass is 35.5. The quantitative estimate of drug-likeness (QED) is 0.900. The summed E-state index contributed by atoms with van der Waals surface area (Å²) in [5, 5.41) is 3.67. The predicted molar refractivity (Wildman–Crippen MR) is 92.2 cm³/mol. The normalized spacial score (nSPS) is 12.2. The van der Waals surface area contributed by atoms with Gasteiger partial charge in [-0.2, -0.15) is 0 Å². The molecule has 2 aromatic rings. The van der Waals surface area contributed by atoms with Gasteiger partial charge in [-0.3, -0.25) is 9.69 Å². The summed E-state index contributed by atoms with van der Waals surface area (Å²) in [7, 11) is 1.92. The van der Waals surface area contributed by atoms with E-state index in [4.69, 9.17) is 11.6 Å². The Morgan fingerprint density at radius 2 is 1.95 bits per heavy atom. The molecule has 1 atom stereocenters. The van der Waals surface area contributed by atoms with E-state index in [9.17, 15) is 4.79 Å². The van der Waals surface area contributed by atoms with Gasteiger partial charge in [-0.05, 0) is 50.2 Å². The highest BCUT2D eigenvalue weighted by molar-refractivity contribution is 6.31. The van der Waals surface area contributed by atoms with E-state index in [1.54, 1.807) is 0 Å². The number of amides is 1. The van der Waals surface area contributed by atoms with Crippen LogP contribution in [0.4, 0.5) is 5.69 Å². The van der Waals surface area contributed by atoms with Crippen LogP contribution in [0.15, 0.2) is 48.5 Å². The van der Waals surface area contributed by atoms with Crippen molar-refractivity contribution in [1.29, 1.82) is 0 Å². The van der Waals surface area contributed by atoms with Gasteiger partial charge in [0.05, 0.1) is 6.04 Å². The van der Waals surface area contributed by atoms with Crippen molar-refractivity contribution in [2.45, 2.75) is 26.4 Å². The van der Waals surface area contributed by atoms with E-state index in [1.807, 2.05) is 74.3 Å². The summed E-state index contributed by atoms with van der Waals surface area (Å²) in [5.74, 6) is -0.0276. The second kappa shape index (κ2) is 7.43. The zero-order chi connectivity index (χ0) is 16.1. The molecule has 1 amide bonds. The molecule has 2 aromatic carbocycles. The van der Waals surface area contributed by atoms with Gasteiger partial charge in [-0.15, -0.1) is 0 Å². The van der Waals surface area contributed by atoms with Crippen LogP contribution in [0.5, 0.6) is 0 Å². The van der Waals surface area contributed by atoms with E-state index in [0.717, 1.165) is 21.8 Å². The first-order valence-electron chi connectivity index (χ1n) is 7.28. The van der Waals surface area contributed by atoms with Crippen molar-refractivity contribution in [2.24, 2.45) is 0 Å². The van der Waals surface area contributed by atoms with Gasteiger partial charge >= 0.3 is 0 Å². The van der Waals surface area contributed by atoms with Crippen LogP contribution in [0.2, 0.25) is 5.02 Å². The standard InChI is InChI=1S/C18H21ClN2O/c1-13-7-6-9-16(11-13)20-18(22)14(2)21(3)12-15-8-4-5-10-17(15)19/h4-11,14H,12H2,1-3H3,(H,20,22). The van der Waals surface area contributed by atoms with Gasteiger partial charge in [0.15, 0.2) is 0 Å². The molecule has 1 N–H and O–H groups in total. The lowest BCUT2D eigenvalue weighted by atomic mass is 10.1. The van der Waals surface area contributed by atoms with Gasteiger partial charge < -0.3 is 5.32 Å². The van der Waals surface area contributed by atoms with Crippen molar-refractivity contribution in [3.05, 3.63) is 64.7 Å². The summed E-state index contributed by atoms with van der Waals surface area (Å²) in [5.41, 5.74) is 2.96. The number of carbonyl (C=O) groups excluding carboxylic acids is 1. The van der Waals surface area contributed by atoms with Crippen LogP contribution in [-0.4, -0.2) is 23.9 Å². The summed E-state index contributed by atoms with van der Waals surface area (Å²) in [6.07, 6.45) is 0. The number of carbonyl (C=O) groups is 1. The first-order chi connectivity index (χ1) is 10.5. The third-order valence-corrected chi connectivity index (χ3v) is 4.07. The van der Waals surface area contributed by atoms with Crippen LogP contribution >= 0.6 is 11.6 Å². The molecule has 0 spiro atoms. The molecule has 0 bridgehead atoms. The van der Waals surface area contributed by atoms with Crippen molar-refractivity contribution in [1.82, 2.24) is 4.90 Å². The van der Waals surface area contributed by atoms with Crippen LogP contribution in [0.25, 0.3) is 0 Å². The summed E-state index contributed by atoms with van der Waals surface area (Å²) < 4.78 is 0. The monoisotopic (exact) mass is 316 g/mol. The number of anilines is 1. The number of benzene rings is 2. The lowest BCUT2D eigenvalue weighted by Gasteiger charge is -2.24. The zero-order valence-corrected chi connectivity index (χ0v) is 13.9. The van der Waals surface area contributed by atoms with Gasteiger partial charge in [0.25, 0.3) is 0 Å². The van der Waals surface area contributed by atoms with Crippen molar-refractivity contribution < 1.29 is 4.79 Å². The lowest BCUT2D eigenvalue weighted by molar-refractivity contribution is -0.120. The molecule has 22 heavy (non-hydrogen) atoms. The van der Waals surface area contributed by atoms with Crippen molar-refractivity contribution in [3.8, 4) is 0 Å². The van der Waals surface area contributed by atoms with Gasteiger partial charge in [0.1, 0.15) is 0 Å². The molecule has 4 heteroatoms. The summed E-state index contributed by atoms with van der Waals surface area (Å²) >= 11 is 6.17. The second-order valence-corrected chi connectivity index (χ2v) is 5.95. The minimum absolute atomic E-state index is 0.0276. The fraction of sp³-hybridized carbons (Fsp3) is 0.278. The first-order valence-corrected chi connectivity index (χ1v) is 7.66. The number of rotatable bonds is 5. The Morgan fingerprint density at radius 1 is 1.23 bits per heavy atom. The predicted octanol–water partition coefficient (Wildman–Crippen LogP) is 4.11. The maximum Gasteiger partial charge on any atom is 0.241 e. The Bertz CT molecular complexity index is 657. The zero-order valence-electron chi connectivity index (χ0n) is 13.1. The average Bonchev–Trinajstić information content (AvgIpc) is 2.48. The van der Waals surface area contributed by atoms with E-state index in [-0.39, 0.29) is 11.9 Å². The van der Waals surface area contributed by atoms with Gasteiger partial charge in [-0.1, -0.05) is 41.9 Å². The molecule has 0 radical (unpaired) electrons. The molecule has 2 rings (SSSR count). The number of aryl methyl sites for hydroxylation is 1. The van der Waals surface area contributed by atoms with E-state index in [0.29, 0.717) is 6.54 Å². The molecular weight excluding hydrogens is 296 g/mol. The van der Waals surface area contributed by atoms with Crippen LogP contribution in [-0.2, 0) is 11.3 Å². The van der Waals surface area contributed by atoms with E-state index < -0.39 is 0 Å². The Labute approximate surface area is 136 Å². The highest BCUT2D eigenvalue weighted by Gasteiger charge is 2.19. The topological polar surface area (TPSA) is 32.3 Å². The van der Waals surface area contributed by atoms with Crippen molar-refractivity contribution in [3.63, 3.8) is 0 Å². The highest BCUT2D eigenvalue weighted by Crippen LogP contribution is 2.18. The fourth-order valence-corrected chi connectivity index (χ4v) is 2.40. The number of nitrogens with one attached hydrogen (secondary N) is 1. The molecule has 0 aliphatic carbocycles. The van der Waals surface area contributed by atoms with Gasteiger partial charge in [0, 0.05) is 17.3 Å². The Kier molecular flexibility index (Phi) is 5.58. The molecule has 0 heterocycles. The average molecular weight is 317 g/mol. The van der Waals surface area contributed by atoms with Gasteiger partial charge in [-0.25, -0.2) is 0 Å². The maximum atomic E-state index is 12.4. The number of likely N-dealkylation sites (N-methyl/N-ethyl adjacent to an activating group) is 1. The molecule has 0 saturated carbocycles. The van der Waals surface area contributed by atoms with Gasteiger partial charge in [0.2, 0.25) is 5.91 Å². The largest absolute Gasteiger partial charge is 0.325 e. The number of nitrogens with zero attached hydrogens (tertiary/aromatic N) is 1. The third kappa shape index (κ3) is 4.33. The molecule has 116 valence electrons. The molecule has 1 unspecified atom stereocenters. The maximum absolute atomic E-state index is 12.4. The Hall–Kier alpha value is -1.84. The fourth-order valence-electron chi connectivity index (χ4n) is 2.20. The second-order valence-electron chi connectivity index (χ2n) is 5.54. The van der Waals surface area contributed by atoms with Crippen molar-refractivity contribution >= 4 is 23.2 Å². The number of hydrogen-bond donors (Lipinski definition) is 1. The minimum atomic E-state index is -0.253. The van der Waals surface area contributed by atoms with E-state index in [1.165, 1.54) is 0 Å². The molecule has 3 nitrogen and oxygen atoms in total. The van der Waals surface area contributed by atoms with Crippen LogP contribution in [0, 0.1) is 6.92 Å². The number of hydrogen-bond acceptors (Lipinski definition) is 2. The molecular formula is C18H21ClN2O. The summed E-state index contributed by atoms with van der Waals surface area (Å²) in [6, 6.07) is 15.2. The molecule has 0 saturated heterocycles. The lowest BCUT2D eigenvalue weighted by Crippen LogP contribution is -2.39. The Balaban J connectivity index is 1.99. The molecule has 0 aromatic heterocycles. The van der Waals surface area contributed by atoms with Crippen LogP contribution < -0.4 is 5.32 Å². The molecule has 0 aliphatic heterocycles. The third-order valence-electron chi connectivity index (χ3n) is 3.70. The van der Waals surface area contributed by atoms with Crippen molar-refractivity contribution in [2.75, 3.05) is 12.4 Å². The summed E-state index contributed by atoms with van der Waals surface area (Å²) in [4.78, 5) is 14.3. The molecule has 0 fully saturated rings. The van der Waals surface area contributed by atoms with E-state index in [2.05, 4.69) is 5.32 Å². The minimum Gasteiger partial charge on any atom is -0.325 e. The SMILES string of the molecule is Cc1cccc(NC(=O)C(C)N(C)Cc2ccccc2Cl)c1. The van der Waals surface area contributed by atoms with E-state index >= 15 is 0 Å². The molecule has 0 aliphatic rings. The summed E-state index contributed by atoms with van der Waals surface area (Å²) in [6.45, 7) is 4.52. The first kappa shape index (κ1) is 16.5. The Morgan fingerprint density at radius 3 is 2.64 bits per heavy atom. The van der Waals surface area contributed by atoms with Crippen LogP contribution in [0.3, 0.4) is 0 Å². The van der Waals surface area contributed by atoms with Crippen LogP contribution in [0.1, 0.15) is 18.1 Å².